The van der Waals surface area contributed by atoms with Crippen molar-refractivity contribution < 1.29 is 4.79 Å². The molecule has 17 heavy (non-hydrogen) atoms. The van der Waals surface area contributed by atoms with Gasteiger partial charge in [-0.1, -0.05) is 0 Å². The molecule has 0 radical (unpaired) electrons. The molecule has 4 nitrogen and oxygen atoms in total. The van der Waals surface area contributed by atoms with Crippen LogP contribution in [-0.2, 0) is 4.79 Å². The molecule has 2 N–H and O–H groups in total. The van der Waals surface area contributed by atoms with E-state index in [9.17, 15) is 4.79 Å². The highest BCUT2D eigenvalue weighted by atomic mass is 16.2. The molecule has 3 aliphatic heterocycles. The Labute approximate surface area is 103 Å². The van der Waals surface area contributed by atoms with Gasteiger partial charge < -0.3 is 15.5 Å². The first-order chi connectivity index (χ1) is 8.24. The van der Waals surface area contributed by atoms with Crippen molar-refractivity contribution in [2.45, 2.75) is 62.7 Å². The highest BCUT2D eigenvalue weighted by Crippen LogP contribution is 2.34. The average Bonchev–Trinajstić information content (AvgIpc) is 2.55. The summed E-state index contributed by atoms with van der Waals surface area (Å²) in [6.07, 6.45) is 7.25. The van der Waals surface area contributed by atoms with Gasteiger partial charge in [0.25, 0.3) is 0 Å². The molecule has 0 spiro atoms. The normalized spacial score (nSPS) is 42.5. The lowest BCUT2D eigenvalue weighted by Gasteiger charge is -2.38. The topological polar surface area (TPSA) is 44.4 Å². The number of fused-ring (bicyclic) bond motifs is 2. The predicted molar refractivity (Wildman–Crippen MR) is 66.8 cm³/mol. The Morgan fingerprint density at radius 2 is 1.94 bits per heavy atom. The number of rotatable bonds is 2. The molecule has 3 unspecified atom stereocenters. The Morgan fingerprint density at radius 3 is 2.59 bits per heavy atom. The van der Waals surface area contributed by atoms with Crippen molar-refractivity contribution in [2.24, 2.45) is 0 Å². The van der Waals surface area contributed by atoms with Crippen LogP contribution in [-0.4, -0.2) is 48.6 Å². The number of piperidine rings is 2. The van der Waals surface area contributed by atoms with Crippen molar-refractivity contribution in [3.8, 4) is 0 Å². The number of carbonyl (C=O) groups excluding carboxylic acids is 1. The van der Waals surface area contributed by atoms with E-state index in [2.05, 4.69) is 22.6 Å². The Balaban J connectivity index is 1.57. The van der Waals surface area contributed by atoms with Crippen molar-refractivity contribution in [1.82, 2.24) is 15.5 Å². The molecule has 0 aliphatic carbocycles. The molecule has 0 aromatic heterocycles. The first-order valence-electron chi connectivity index (χ1n) is 7.00. The van der Waals surface area contributed by atoms with Gasteiger partial charge in [-0.05, 0) is 45.6 Å². The van der Waals surface area contributed by atoms with Crippen LogP contribution >= 0.6 is 0 Å². The van der Waals surface area contributed by atoms with E-state index in [4.69, 9.17) is 0 Å². The lowest BCUT2D eigenvalue weighted by Crippen LogP contribution is -2.55. The zero-order chi connectivity index (χ0) is 11.8. The van der Waals surface area contributed by atoms with E-state index in [0.29, 0.717) is 6.04 Å². The molecule has 0 aromatic rings. The van der Waals surface area contributed by atoms with Gasteiger partial charge >= 0.3 is 0 Å². The largest absolute Gasteiger partial charge is 0.355 e. The lowest BCUT2D eigenvalue weighted by atomic mass is 9.96. The maximum atomic E-state index is 11.7. The van der Waals surface area contributed by atoms with Crippen LogP contribution in [0, 0.1) is 0 Å². The van der Waals surface area contributed by atoms with Gasteiger partial charge in [0.05, 0.1) is 6.04 Å². The smallest absolute Gasteiger partial charge is 0.237 e. The van der Waals surface area contributed by atoms with Gasteiger partial charge in [0.15, 0.2) is 0 Å². The first-order valence-corrected chi connectivity index (χ1v) is 7.00. The van der Waals surface area contributed by atoms with Crippen LogP contribution in [0.25, 0.3) is 0 Å². The fourth-order valence-electron chi connectivity index (χ4n) is 3.76. The van der Waals surface area contributed by atoms with Crippen LogP contribution in [0.5, 0.6) is 0 Å². The van der Waals surface area contributed by atoms with Gasteiger partial charge in [-0.3, -0.25) is 4.79 Å². The lowest BCUT2D eigenvalue weighted by molar-refractivity contribution is -0.124. The number of nitrogens with zero attached hydrogens (tertiary/aromatic N) is 1. The van der Waals surface area contributed by atoms with E-state index in [0.717, 1.165) is 31.5 Å². The van der Waals surface area contributed by atoms with Crippen LogP contribution < -0.4 is 10.6 Å². The summed E-state index contributed by atoms with van der Waals surface area (Å²) in [6, 6.07) is 2.12. The minimum Gasteiger partial charge on any atom is -0.355 e. The minimum atomic E-state index is 0.0663. The second-order valence-corrected chi connectivity index (χ2v) is 5.87. The highest BCUT2D eigenvalue weighted by Gasteiger charge is 2.39. The Kier molecular flexibility index (Phi) is 3.09. The standard InChI is InChI=1S/C13H23N3O/c1-16-10-4-5-11(16)8-9(7-10)15-12-3-2-6-14-13(12)17/h9-12,15H,2-8H2,1H3,(H,14,17). The summed E-state index contributed by atoms with van der Waals surface area (Å²) in [5.41, 5.74) is 0. The minimum absolute atomic E-state index is 0.0663. The fourth-order valence-corrected chi connectivity index (χ4v) is 3.76. The van der Waals surface area contributed by atoms with Crippen LogP contribution in [0.2, 0.25) is 0 Å². The Morgan fingerprint density at radius 1 is 1.24 bits per heavy atom. The molecule has 96 valence electrons. The summed E-state index contributed by atoms with van der Waals surface area (Å²) in [6.45, 7) is 0.857. The molecule has 2 bridgehead atoms. The van der Waals surface area contributed by atoms with Gasteiger partial charge in [-0.2, -0.15) is 0 Å². The summed E-state index contributed by atoms with van der Waals surface area (Å²) >= 11 is 0. The van der Waals surface area contributed by atoms with E-state index >= 15 is 0 Å². The summed E-state index contributed by atoms with van der Waals surface area (Å²) in [5, 5.41) is 6.55. The highest BCUT2D eigenvalue weighted by molar-refractivity contribution is 5.82. The van der Waals surface area contributed by atoms with Crippen LogP contribution in [0.15, 0.2) is 0 Å². The fraction of sp³-hybridized carbons (Fsp3) is 0.923. The van der Waals surface area contributed by atoms with E-state index in [1.54, 1.807) is 0 Å². The third-order valence-corrected chi connectivity index (χ3v) is 4.82. The van der Waals surface area contributed by atoms with E-state index in [1.165, 1.54) is 25.7 Å². The molecule has 3 fully saturated rings. The maximum Gasteiger partial charge on any atom is 0.237 e. The van der Waals surface area contributed by atoms with Gasteiger partial charge in [0.1, 0.15) is 0 Å². The van der Waals surface area contributed by atoms with Gasteiger partial charge in [-0.15, -0.1) is 0 Å². The van der Waals surface area contributed by atoms with Gasteiger partial charge in [0, 0.05) is 24.7 Å². The molecule has 0 saturated carbocycles. The number of hydrogen-bond acceptors (Lipinski definition) is 3. The molecule has 3 aliphatic rings. The maximum absolute atomic E-state index is 11.7. The molecule has 3 heterocycles. The molecule has 3 saturated heterocycles. The zero-order valence-electron chi connectivity index (χ0n) is 10.6. The molecule has 3 rings (SSSR count). The second kappa shape index (κ2) is 4.58. The van der Waals surface area contributed by atoms with Crippen LogP contribution in [0.1, 0.15) is 38.5 Å². The van der Waals surface area contributed by atoms with Crippen molar-refractivity contribution in [3.63, 3.8) is 0 Å². The quantitative estimate of drug-likeness (QED) is 0.734. The monoisotopic (exact) mass is 237 g/mol. The summed E-state index contributed by atoms with van der Waals surface area (Å²) in [7, 11) is 2.26. The summed E-state index contributed by atoms with van der Waals surface area (Å²) in [4.78, 5) is 14.3. The number of carbonyl (C=O) groups is 1. The Bertz CT molecular complexity index is 293. The molecular formula is C13H23N3O. The molecule has 1 amide bonds. The average molecular weight is 237 g/mol. The summed E-state index contributed by atoms with van der Waals surface area (Å²) < 4.78 is 0. The summed E-state index contributed by atoms with van der Waals surface area (Å²) in [5.74, 6) is 0.211. The van der Waals surface area contributed by atoms with Crippen molar-refractivity contribution in [1.29, 1.82) is 0 Å². The number of nitrogens with one attached hydrogen (secondary N) is 2. The van der Waals surface area contributed by atoms with E-state index in [-0.39, 0.29) is 11.9 Å². The molecule has 4 heteroatoms. The SMILES string of the molecule is CN1C2CCC1CC(NC1CCCNC1=O)C2. The second-order valence-electron chi connectivity index (χ2n) is 5.87. The van der Waals surface area contributed by atoms with Gasteiger partial charge in [-0.25, -0.2) is 0 Å². The van der Waals surface area contributed by atoms with Crippen LogP contribution in [0.3, 0.4) is 0 Å². The first kappa shape index (κ1) is 11.5. The van der Waals surface area contributed by atoms with Gasteiger partial charge in [0.2, 0.25) is 5.91 Å². The number of hydrogen-bond donors (Lipinski definition) is 2. The number of amides is 1. The predicted octanol–water partition coefficient (Wildman–Crippen LogP) is 0.480. The molecule has 0 aromatic carbocycles. The van der Waals surface area contributed by atoms with Crippen molar-refractivity contribution in [3.05, 3.63) is 0 Å². The third-order valence-electron chi connectivity index (χ3n) is 4.82. The van der Waals surface area contributed by atoms with E-state index in [1.807, 2.05) is 0 Å². The molecular weight excluding hydrogens is 214 g/mol. The zero-order valence-corrected chi connectivity index (χ0v) is 10.6. The van der Waals surface area contributed by atoms with Crippen molar-refractivity contribution >= 4 is 5.91 Å². The third kappa shape index (κ3) is 2.20. The molecule has 3 atom stereocenters. The van der Waals surface area contributed by atoms with Crippen molar-refractivity contribution in [2.75, 3.05) is 13.6 Å². The van der Waals surface area contributed by atoms with Crippen LogP contribution in [0.4, 0.5) is 0 Å². The Hall–Kier alpha value is -0.610. The van der Waals surface area contributed by atoms with E-state index < -0.39 is 0 Å².